The van der Waals surface area contributed by atoms with E-state index in [0.29, 0.717) is 34.9 Å². The average Bonchev–Trinajstić information content (AvgIpc) is 3.31. The topological polar surface area (TPSA) is 87.7 Å². The monoisotopic (exact) mass is 466 g/mol. The second-order valence-electron chi connectivity index (χ2n) is 9.65. The standard InChI is InChI=1S/C29H30N4O2/c1-18-7-11-21(12-8-18)25(34)15-20-9-13-22(14-10-20)33-29-26-24(16-30-28(26)31-17-32-29)27(35)23-6-4-3-5-19(23)2/h3-8,11-12,16-17,20,22H,9-10,13-15H2,1-2H3,(H2,30,31,32,33). The summed E-state index contributed by atoms with van der Waals surface area (Å²) in [6.07, 6.45) is 7.76. The van der Waals surface area contributed by atoms with Crippen LogP contribution in [0.15, 0.2) is 61.1 Å². The van der Waals surface area contributed by atoms with Crippen molar-refractivity contribution in [1.29, 1.82) is 0 Å². The van der Waals surface area contributed by atoms with Crippen molar-refractivity contribution in [2.75, 3.05) is 5.32 Å². The highest BCUT2D eigenvalue weighted by molar-refractivity contribution is 6.18. The van der Waals surface area contributed by atoms with E-state index < -0.39 is 0 Å². The van der Waals surface area contributed by atoms with Gasteiger partial charge in [0, 0.05) is 29.8 Å². The molecule has 178 valence electrons. The summed E-state index contributed by atoms with van der Waals surface area (Å²) >= 11 is 0. The normalized spacial score (nSPS) is 17.9. The largest absolute Gasteiger partial charge is 0.367 e. The van der Waals surface area contributed by atoms with E-state index in [1.807, 2.05) is 62.4 Å². The Morgan fingerprint density at radius 3 is 2.43 bits per heavy atom. The van der Waals surface area contributed by atoms with Gasteiger partial charge < -0.3 is 10.3 Å². The molecule has 0 aliphatic heterocycles. The van der Waals surface area contributed by atoms with E-state index in [4.69, 9.17) is 0 Å². The molecule has 0 spiro atoms. The van der Waals surface area contributed by atoms with Gasteiger partial charge in [-0.3, -0.25) is 9.59 Å². The minimum absolute atomic E-state index is 0.0365. The van der Waals surface area contributed by atoms with Crippen molar-refractivity contribution >= 4 is 28.4 Å². The number of rotatable bonds is 7. The Morgan fingerprint density at radius 1 is 0.943 bits per heavy atom. The predicted octanol–water partition coefficient (Wildman–Crippen LogP) is 6.05. The van der Waals surface area contributed by atoms with E-state index >= 15 is 0 Å². The van der Waals surface area contributed by atoms with Crippen LogP contribution in [-0.2, 0) is 0 Å². The number of aryl methyl sites for hydroxylation is 2. The molecule has 5 rings (SSSR count). The molecule has 0 atom stereocenters. The Balaban J connectivity index is 1.27. The first-order valence-corrected chi connectivity index (χ1v) is 12.3. The van der Waals surface area contributed by atoms with Gasteiger partial charge in [-0.05, 0) is 51.0 Å². The highest BCUT2D eigenvalue weighted by Crippen LogP contribution is 2.32. The number of benzene rings is 2. The van der Waals surface area contributed by atoms with Gasteiger partial charge in [0.2, 0.25) is 0 Å². The Labute approximate surface area is 205 Å². The Morgan fingerprint density at radius 2 is 1.69 bits per heavy atom. The van der Waals surface area contributed by atoms with Crippen molar-refractivity contribution in [3.8, 4) is 0 Å². The van der Waals surface area contributed by atoms with Crippen LogP contribution in [0.4, 0.5) is 5.82 Å². The van der Waals surface area contributed by atoms with Gasteiger partial charge in [0.15, 0.2) is 11.6 Å². The molecule has 1 saturated carbocycles. The smallest absolute Gasteiger partial charge is 0.195 e. The number of anilines is 1. The third kappa shape index (κ3) is 4.87. The second kappa shape index (κ2) is 9.82. The second-order valence-corrected chi connectivity index (χ2v) is 9.65. The molecule has 6 heteroatoms. The summed E-state index contributed by atoms with van der Waals surface area (Å²) in [6, 6.07) is 15.7. The Hall–Kier alpha value is -3.80. The molecule has 2 N–H and O–H groups in total. The molecular weight excluding hydrogens is 436 g/mol. The first-order chi connectivity index (χ1) is 17.0. The summed E-state index contributed by atoms with van der Waals surface area (Å²) in [6.45, 7) is 3.97. The van der Waals surface area contributed by atoms with Crippen LogP contribution in [0.1, 0.15) is 69.5 Å². The first kappa shape index (κ1) is 23.0. The van der Waals surface area contributed by atoms with Crippen LogP contribution in [0, 0.1) is 19.8 Å². The van der Waals surface area contributed by atoms with Crippen molar-refractivity contribution in [3.63, 3.8) is 0 Å². The summed E-state index contributed by atoms with van der Waals surface area (Å²) in [5, 5.41) is 4.31. The van der Waals surface area contributed by atoms with Crippen molar-refractivity contribution in [3.05, 3.63) is 88.9 Å². The summed E-state index contributed by atoms with van der Waals surface area (Å²) in [7, 11) is 0. The summed E-state index contributed by atoms with van der Waals surface area (Å²) in [5.41, 5.74) is 4.82. The van der Waals surface area contributed by atoms with Crippen molar-refractivity contribution in [2.24, 2.45) is 5.92 Å². The van der Waals surface area contributed by atoms with Crippen molar-refractivity contribution < 1.29 is 9.59 Å². The van der Waals surface area contributed by atoms with Crippen LogP contribution in [0.3, 0.4) is 0 Å². The predicted molar refractivity (Wildman–Crippen MR) is 138 cm³/mol. The lowest BCUT2D eigenvalue weighted by Gasteiger charge is -2.29. The van der Waals surface area contributed by atoms with Crippen LogP contribution in [0.5, 0.6) is 0 Å². The zero-order chi connectivity index (χ0) is 24.4. The van der Waals surface area contributed by atoms with Crippen molar-refractivity contribution in [1.82, 2.24) is 15.0 Å². The Bertz CT molecular complexity index is 1370. The molecule has 1 aliphatic carbocycles. The lowest BCUT2D eigenvalue weighted by molar-refractivity contribution is 0.0948. The van der Waals surface area contributed by atoms with E-state index in [9.17, 15) is 9.59 Å². The fraction of sp³-hybridized carbons (Fsp3) is 0.310. The number of nitrogens with zero attached hydrogens (tertiary/aromatic N) is 2. The van der Waals surface area contributed by atoms with Crippen LogP contribution < -0.4 is 5.32 Å². The number of carbonyl (C=O) groups is 2. The number of aromatic nitrogens is 3. The van der Waals surface area contributed by atoms with Gasteiger partial charge in [-0.2, -0.15) is 0 Å². The summed E-state index contributed by atoms with van der Waals surface area (Å²) in [4.78, 5) is 38.0. The quantitative estimate of drug-likeness (QED) is 0.324. The lowest BCUT2D eigenvalue weighted by Crippen LogP contribution is -2.27. The molecule has 35 heavy (non-hydrogen) atoms. The van der Waals surface area contributed by atoms with E-state index in [1.54, 1.807) is 6.20 Å². The number of Topliss-reactive ketones (excluding diaryl/α,β-unsaturated/α-hetero) is 1. The van der Waals surface area contributed by atoms with Gasteiger partial charge in [0.25, 0.3) is 0 Å². The van der Waals surface area contributed by atoms with E-state index in [-0.39, 0.29) is 17.6 Å². The molecule has 1 aliphatic rings. The average molecular weight is 467 g/mol. The third-order valence-corrected chi connectivity index (χ3v) is 7.14. The number of nitrogens with one attached hydrogen (secondary N) is 2. The van der Waals surface area contributed by atoms with Crippen LogP contribution in [0.2, 0.25) is 0 Å². The molecule has 1 fully saturated rings. The molecular formula is C29H30N4O2. The Kier molecular flexibility index (Phi) is 6.45. The molecule has 2 aromatic carbocycles. The van der Waals surface area contributed by atoms with Crippen LogP contribution >= 0.6 is 0 Å². The molecule has 6 nitrogen and oxygen atoms in total. The highest BCUT2D eigenvalue weighted by Gasteiger charge is 2.26. The number of H-pyrrole nitrogens is 1. The van der Waals surface area contributed by atoms with Gasteiger partial charge in [-0.15, -0.1) is 0 Å². The zero-order valence-electron chi connectivity index (χ0n) is 20.2. The lowest BCUT2D eigenvalue weighted by atomic mass is 9.82. The number of carbonyl (C=O) groups excluding carboxylic acids is 2. The van der Waals surface area contributed by atoms with Crippen LogP contribution in [-0.4, -0.2) is 32.6 Å². The third-order valence-electron chi connectivity index (χ3n) is 7.14. The first-order valence-electron chi connectivity index (χ1n) is 12.3. The van der Waals surface area contributed by atoms with Gasteiger partial charge >= 0.3 is 0 Å². The van der Waals surface area contributed by atoms with E-state index in [0.717, 1.165) is 47.8 Å². The minimum atomic E-state index is -0.0365. The summed E-state index contributed by atoms with van der Waals surface area (Å²) in [5.74, 6) is 1.28. The molecule has 0 unspecified atom stereocenters. The van der Waals surface area contributed by atoms with Crippen molar-refractivity contribution in [2.45, 2.75) is 52.0 Å². The van der Waals surface area contributed by atoms with Crippen LogP contribution in [0.25, 0.3) is 11.0 Å². The molecule has 2 heterocycles. The molecule has 0 amide bonds. The number of hydrogen-bond acceptors (Lipinski definition) is 5. The van der Waals surface area contributed by atoms with Gasteiger partial charge in [0.05, 0.1) is 10.9 Å². The molecule has 0 bridgehead atoms. The SMILES string of the molecule is Cc1ccc(C(=O)CC2CCC(Nc3ncnc4[nH]cc(C(=O)c5ccccc5C)c34)CC2)cc1. The van der Waals surface area contributed by atoms with E-state index in [1.165, 1.54) is 6.33 Å². The van der Waals surface area contributed by atoms with Gasteiger partial charge in [-0.1, -0.05) is 54.1 Å². The maximum atomic E-state index is 13.3. The fourth-order valence-corrected chi connectivity index (χ4v) is 5.05. The number of fused-ring (bicyclic) bond motifs is 1. The highest BCUT2D eigenvalue weighted by atomic mass is 16.1. The zero-order valence-corrected chi connectivity index (χ0v) is 20.2. The fourth-order valence-electron chi connectivity index (χ4n) is 5.05. The molecule has 0 radical (unpaired) electrons. The molecule has 0 saturated heterocycles. The van der Waals surface area contributed by atoms with Gasteiger partial charge in [-0.25, -0.2) is 9.97 Å². The number of aromatic amines is 1. The molecule has 4 aromatic rings. The minimum Gasteiger partial charge on any atom is -0.367 e. The summed E-state index contributed by atoms with van der Waals surface area (Å²) < 4.78 is 0. The van der Waals surface area contributed by atoms with E-state index in [2.05, 4.69) is 20.3 Å². The number of ketones is 2. The molecule has 2 aromatic heterocycles. The van der Waals surface area contributed by atoms with Gasteiger partial charge in [0.1, 0.15) is 17.8 Å². The maximum Gasteiger partial charge on any atom is 0.195 e. The maximum absolute atomic E-state index is 13.3. The number of hydrogen-bond donors (Lipinski definition) is 2.